The van der Waals surface area contributed by atoms with Crippen molar-refractivity contribution in [1.82, 2.24) is 10.0 Å². The SMILES string of the molecule is Cl.O=S(=O)(NCC[C@H]1CCCN1)c1ccc2c(c1)CCCC2. The zero-order chi connectivity index (χ0) is 14.7. The molecule has 1 aliphatic carbocycles. The van der Waals surface area contributed by atoms with Gasteiger partial charge in [0.1, 0.15) is 0 Å². The average molecular weight is 345 g/mol. The molecule has 0 aromatic heterocycles. The zero-order valence-electron chi connectivity index (χ0n) is 12.8. The summed E-state index contributed by atoms with van der Waals surface area (Å²) in [5, 5.41) is 3.39. The van der Waals surface area contributed by atoms with Gasteiger partial charge in [0.05, 0.1) is 4.90 Å². The lowest BCUT2D eigenvalue weighted by Crippen LogP contribution is -2.30. The van der Waals surface area contributed by atoms with E-state index in [4.69, 9.17) is 0 Å². The van der Waals surface area contributed by atoms with Crippen LogP contribution in [0.5, 0.6) is 0 Å². The fourth-order valence-corrected chi connectivity index (χ4v) is 4.43. The Balaban J connectivity index is 0.00000176. The number of benzene rings is 1. The normalized spacial score (nSPS) is 21.2. The van der Waals surface area contributed by atoms with Gasteiger partial charge in [-0.1, -0.05) is 6.07 Å². The molecular weight excluding hydrogens is 320 g/mol. The molecule has 1 aromatic rings. The second-order valence-corrected chi connectivity index (χ2v) is 7.88. The highest BCUT2D eigenvalue weighted by molar-refractivity contribution is 7.89. The lowest BCUT2D eigenvalue weighted by Gasteiger charge is -2.17. The van der Waals surface area contributed by atoms with Crippen LogP contribution >= 0.6 is 12.4 Å². The zero-order valence-corrected chi connectivity index (χ0v) is 14.4. The fourth-order valence-electron chi connectivity index (χ4n) is 3.33. The monoisotopic (exact) mass is 344 g/mol. The largest absolute Gasteiger partial charge is 0.314 e. The van der Waals surface area contributed by atoms with E-state index in [0.717, 1.165) is 38.6 Å². The molecule has 0 saturated carbocycles. The molecule has 2 aliphatic rings. The summed E-state index contributed by atoms with van der Waals surface area (Å²) in [6, 6.07) is 6.07. The van der Waals surface area contributed by atoms with Crippen LogP contribution in [0.4, 0.5) is 0 Å². The second kappa shape index (κ2) is 7.77. The van der Waals surface area contributed by atoms with Crippen LogP contribution in [0.1, 0.15) is 43.2 Å². The van der Waals surface area contributed by atoms with E-state index in [1.54, 1.807) is 6.07 Å². The number of halogens is 1. The van der Waals surface area contributed by atoms with Crippen molar-refractivity contribution in [1.29, 1.82) is 0 Å². The van der Waals surface area contributed by atoms with Gasteiger partial charge in [-0.3, -0.25) is 0 Å². The summed E-state index contributed by atoms with van der Waals surface area (Å²) in [6.07, 6.45) is 7.68. The second-order valence-electron chi connectivity index (χ2n) is 6.12. The van der Waals surface area contributed by atoms with Gasteiger partial charge >= 0.3 is 0 Å². The first-order valence-electron chi connectivity index (χ1n) is 8.00. The Morgan fingerprint density at radius 3 is 2.64 bits per heavy atom. The van der Waals surface area contributed by atoms with Gasteiger partial charge in [0.2, 0.25) is 10.0 Å². The maximum atomic E-state index is 12.4. The Bertz CT molecular complexity index is 598. The van der Waals surface area contributed by atoms with Crippen LogP contribution in [0.15, 0.2) is 23.1 Å². The molecule has 1 fully saturated rings. The van der Waals surface area contributed by atoms with Crippen molar-refractivity contribution in [3.63, 3.8) is 0 Å². The van der Waals surface area contributed by atoms with Gasteiger partial charge in [0.25, 0.3) is 0 Å². The van der Waals surface area contributed by atoms with Gasteiger partial charge in [-0.25, -0.2) is 13.1 Å². The number of nitrogens with one attached hydrogen (secondary N) is 2. The smallest absolute Gasteiger partial charge is 0.240 e. The number of sulfonamides is 1. The summed E-state index contributed by atoms with van der Waals surface area (Å²) in [4.78, 5) is 0.419. The van der Waals surface area contributed by atoms with Crippen LogP contribution in [0, 0.1) is 0 Å². The number of hydrogen-bond donors (Lipinski definition) is 2. The van der Waals surface area contributed by atoms with E-state index in [-0.39, 0.29) is 12.4 Å². The minimum absolute atomic E-state index is 0. The molecular formula is C16H25ClN2O2S. The minimum Gasteiger partial charge on any atom is -0.314 e. The molecule has 0 unspecified atom stereocenters. The highest BCUT2D eigenvalue weighted by Crippen LogP contribution is 2.24. The Hall–Kier alpha value is -0.620. The van der Waals surface area contributed by atoms with Gasteiger partial charge in [-0.05, 0) is 74.8 Å². The third-order valence-corrected chi connectivity index (χ3v) is 6.04. The summed E-state index contributed by atoms with van der Waals surface area (Å²) in [5.74, 6) is 0. The first-order chi connectivity index (χ1) is 10.1. The number of hydrogen-bond acceptors (Lipinski definition) is 3. The lowest BCUT2D eigenvalue weighted by atomic mass is 9.92. The Kier molecular flexibility index (Phi) is 6.26. The quantitative estimate of drug-likeness (QED) is 0.862. The molecule has 1 aliphatic heterocycles. The molecule has 1 atom stereocenters. The molecule has 1 saturated heterocycles. The maximum Gasteiger partial charge on any atom is 0.240 e. The first kappa shape index (κ1) is 17.7. The molecule has 3 rings (SSSR count). The van der Waals surface area contributed by atoms with Crippen molar-refractivity contribution < 1.29 is 8.42 Å². The van der Waals surface area contributed by atoms with Gasteiger partial charge < -0.3 is 5.32 Å². The van der Waals surface area contributed by atoms with E-state index in [2.05, 4.69) is 10.0 Å². The summed E-state index contributed by atoms with van der Waals surface area (Å²) in [7, 11) is -3.36. The predicted molar refractivity (Wildman–Crippen MR) is 91.2 cm³/mol. The van der Waals surface area contributed by atoms with Crippen molar-refractivity contribution in [2.24, 2.45) is 0 Å². The van der Waals surface area contributed by atoms with E-state index in [1.165, 1.54) is 24.0 Å². The number of fused-ring (bicyclic) bond motifs is 1. The summed E-state index contributed by atoms with van der Waals surface area (Å²) in [5.41, 5.74) is 2.52. The van der Waals surface area contributed by atoms with Crippen molar-refractivity contribution >= 4 is 22.4 Å². The van der Waals surface area contributed by atoms with Gasteiger partial charge in [-0.2, -0.15) is 0 Å². The average Bonchev–Trinajstić information content (AvgIpc) is 3.00. The molecule has 0 bridgehead atoms. The number of aryl methyl sites for hydroxylation is 2. The van der Waals surface area contributed by atoms with E-state index in [1.807, 2.05) is 12.1 Å². The Labute approximate surface area is 139 Å². The van der Waals surface area contributed by atoms with E-state index in [9.17, 15) is 8.42 Å². The predicted octanol–water partition coefficient (Wildman–Crippen LogP) is 2.41. The van der Waals surface area contributed by atoms with Crippen LogP contribution in [-0.2, 0) is 22.9 Å². The lowest BCUT2D eigenvalue weighted by molar-refractivity contribution is 0.539. The minimum atomic E-state index is -3.36. The Morgan fingerprint density at radius 1 is 1.14 bits per heavy atom. The van der Waals surface area contributed by atoms with Gasteiger partial charge in [-0.15, -0.1) is 12.4 Å². The van der Waals surface area contributed by atoms with Crippen molar-refractivity contribution in [2.75, 3.05) is 13.1 Å². The van der Waals surface area contributed by atoms with Crippen LogP contribution in [0.3, 0.4) is 0 Å². The summed E-state index contributed by atoms with van der Waals surface area (Å²) in [6.45, 7) is 1.57. The third kappa shape index (κ3) is 4.22. The molecule has 124 valence electrons. The molecule has 22 heavy (non-hydrogen) atoms. The fraction of sp³-hybridized carbons (Fsp3) is 0.625. The van der Waals surface area contributed by atoms with Crippen LogP contribution in [0.2, 0.25) is 0 Å². The van der Waals surface area contributed by atoms with E-state index >= 15 is 0 Å². The molecule has 0 amide bonds. The Morgan fingerprint density at radius 2 is 1.91 bits per heavy atom. The van der Waals surface area contributed by atoms with E-state index < -0.39 is 10.0 Å². The van der Waals surface area contributed by atoms with Crippen molar-refractivity contribution in [2.45, 2.75) is 55.9 Å². The van der Waals surface area contributed by atoms with Crippen LogP contribution < -0.4 is 10.0 Å². The molecule has 1 aromatic carbocycles. The topological polar surface area (TPSA) is 58.2 Å². The maximum absolute atomic E-state index is 12.4. The molecule has 2 N–H and O–H groups in total. The standard InChI is InChI=1S/C16H24N2O2S.ClH/c19-21(20,18-11-9-15-6-3-10-17-15)16-8-7-13-4-1-2-5-14(13)12-16;/h7-8,12,15,17-18H,1-6,9-11H2;1H/t15-;/m1./s1. The van der Waals surface area contributed by atoms with Gasteiger partial charge in [0.15, 0.2) is 0 Å². The molecule has 0 spiro atoms. The summed E-state index contributed by atoms with van der Waals surface area (Å²) >= 11 is 0. The van der Waals surface area contributed by atoms with Gasteiger partial charge in [0, 0.05) is 12.6 Å². The van der Waals surface area contributed by atoms with Crippen LogP contribution in [0.25, 0.3) is 0 Å². The van der Waals surface area contributed by atoms with E-state index in [0.29, 0.717) is 17.5 Å². The molecule has 4 nitrogen and oxygen atoms in total. The molecule has 1 heterocycles. The molecule has 0 radical (unpaired) electrons. The van der Waals surface area contributed by atoms with Crippen LogP contribution in [-0.4, -0.2) is 27.5 Å². The highest BCUT2D eigenvalue weighted by atomic mass is 35.5. The molecule has 6 heteroatoms. The van der Waals surface area contributed by atoms with Crippen molar-refractivity contribution in [3.8, 4) is 0 Å². The highest BCUT2D eigenvalue weighted by Gasteiger charge is 2.19. The van der Waals surface area contributed by atoms with Crippen molar-refractivity contribution in [3.05, 3.63) is 29.3 Å². The number of rotatable bonds is 5. The first-order valence-corrected chi connectivity index (χ1v) is 9.48. The summed E-state index contributed by atoms with van der Waals surface area (Å²) < 4.78 is 27.5. The third-order valence-electron chi connectivity index (χ3n) is 4.58.